The molecule has 0 saturated carbocycles. The number of aromatic nitrogens is 4. The van der Waals surface area contributed by atoms with Crippen LogP contribution in [0.2, 0.25) is 5.15 Å². The zero-order chi connectivity index (χ0) is 26.4. The lowest BCUT2D eigenvalue weighted by Gasteiger charge is -2.12. The quantitative estimate of drug-likeness (QED) is 0.104. The zero-order valence-electron chi connectivity index (χ0n) is 19.2. The molecule has 0 radical (unpaired) electrons. The Labute approximate surface area is 214 Å². The van der Waals surface area contributed by atoms with Crippen molar-refractivity contribution < 1.29 is 17.6 Å². The number of rotatable bonds is 8. The molecule has 4 rings (SSSR count). The molecular weight excluding hydrogens is 511 g/mol. The summed E-state index contributed by atoms with van der Waals surface area (Å²) in [5.74, 6) is -1.38. The summed E-state index contributed by atoms with van der Waals surface area (Å²) in [4.78, 5) is 16.6. The highest BCUT2D eigenvalue weighted by Crippen LogP contribution is 2.33. The largest absolute Gasteiger partial charge is 0.419 e. The van der Waals surface area contributed by atoms with Crippen LogP contribution in [-0.4, -0.2) is 34.0 Å². The molecule has 0 aliphatic rings. The predicted molar refractivity (Wildman–Crippen MR) is 137 cm³/mol. The molecule has 0 fully saturated rings. The highest BCUT2D eigenvalue weighted by atomic mass is 35.5. The van der Waals surface area contributed by atoms with Crippen LogP contribution in [0.4, 0.5) is 41.1 Å². The highest BCUT2D eigenvalue weighted by Gasteiger charge is 2.34. The molecule has 2 aromatic carbocycles. The first-order valence-corrected chi connectivity index (χ1v) is 11.1. The Bertz CT molecular complexity index is 1420. The predicted octanol–water partition coefficient (Wildman–Crippen LogP) is 4.14. The summed E-state index contributed by atoms with van der Waals surface area (Å²) in [6.07, 6.45) is -1.73. The van der Waals surface area contributed by atoms with Crippen LogP contribution >= 0.6 is 11.6 Å². The molecular formula is C23H18BClF4N8. The molecule has 3 N–H and O–H groups in total. The summed E-state index contributed by atoms with van der Waals surface area (Å²) in [6.45, 7) is 0.272. The van der Waals surface area contributed by atoms with Crippen LogP contribution in [0.5, 0.6) is 0 Å². The Morgan fingerprint density at radius 3 is 2.49 bits per heavy atom. The molecule has 188 valence electrons. The minimum Gasteiger partial charge on any atom is -0.350 e. The first-order chi connectivity index (χ1) is 17.7. The van der Waals surface area contributed by atoms with Gasteiger partial charge in [-0.15, -0.1) is 0 Å². The second-order valence-corrected chi connectivity index (χ2v) is 8.14. The van der Waals surface area contributed by atoms with Gasteiger partial charge in [0.25, 0.3) is 0 Å². The van der Waals surface area contributed by atoms with Crippen molar-refractivity contribution in [1.82, 2.24) is 19.9 Å². The van der Waals surface area contributed by atoms with Gasteiger partial charge in [0.05, 0.1) is 11.8 Å². The third-order valence-corrected chi connectivity index (χ3v) is 5.05. The molecule has 2 heterocycles. The van der Waals surface area contributed by atoms with Crippen molar-refractivity contribution >= 4 is 54.7 Å². The van der Waals surface area contributed by atoms with E-state index in [1.54, 1.807) is 24.5 Å². The van der Waals surface area contributed by atoms with Crippen LogP contribution in [0.25, 0.3) is 0 Å². The topological polar surface area (TPSA) is 100 Å². The summed E-state index contributed by atoms with van der Waals surface area (Å²) in [7, 11) is 1.95. The van der Waals surface area contributed by atoms with Gasteiger partial charge in [-0.2, -0.15) is 33.2 Å². The van der Waals surface area contributed by atoms with Gasteiger partial charge in [0, 0.05) is 18.4 Å². The van der Waals surface area contributed by atoms with E-state index in [0.29, 0.717) is 17.3 Å². The first-order valence-electron chi connectivity index (χ1n) is 10.8. The van der Waals surface area contributed by atoms with Crippen LogP contribution in [0, 0.1) is 5.82 Å². The minimum atomic E-state index is -4.86. The number of hydrazone groups is 1. The van der Waals surface area contributed by atoms with E-state index in [1.807, 2.05) is 32.1 Å². The molecule has 0 amide bonds. The lowest BCUT2D eigenvalue weighted by molar-refractivity contribution is -0.139. The Morgan fingerprint density at radius 2 is 1.76 bits per heavy atom. The van der Waals surface area contributed by atoms with Crippen molar-refractivity contribution in [2.24, 2.45) is 5.10 Å². The van der Waals surface area contributed by atoms with Gasteiger partial charge in [-0.25, -0.2) is 14.8 Å². The van der Waals surface area contributed by atoms with Crippen LogP contribution in [0.15, 0.2) is 65.9 Å². The van der Waals surface area contributed by atoms with Gasteiger partial charge in [0.1, 0.15) is 18.8 Å². The van der Waals surface area contributed by atoms with E-state index in [-0.39, 0.29) is 30.1 Å². The number of halogens is 5. The van der Waals surface area contributed by atoms with Crippen molar-refractivity contribution in [3.63, 3.8) is 0 Å². The third-order valence-electron chi connectivity index (χ3n) is 4.82. The molecule has 2 aromatic heterocycles. The second-order valence-electron chi connectivity index (χ2n) is 7.75. The van der Waals surface area contributed by atoms with E-state index in [2.05, 4.69) is 41.1 Å². The number of hydrogen-bond donors (Lipinski definition) is 3. The van der Waals surface area contributed by atoms with Crippen LogP contribution in [0.3, 0.4) is 0 Å². The second kappa shape index (κ2) is 11.2. The van der Waals surface area contributed by atoms with Gasteiger partial charge in [0.15, 0.2) is 0 Å². The summed E-state index contributed by atoms with van der Waals surface area (Å²) >= 11 is 5.81. The monoisotopic (exact) mass is 528 g/mol. The maximum absolute atomic E-state index is 13.7. The summed E-state index contributed by atoms with van der Waals surface area (Å²) in [5, 5.41) is 10.1. The Balaban J connectivity index is 1.58. The molecule has 0 bridgehead atoms. The lowest BCUT2D eigenvalue weighted by atomic mass is 9.95. The normalized spacial score (nSPS) is 11.5. The standard InChI is InChI=1S/C23H18BClF4N8/c24-15-3-1-2-13(8-15)12-32-37-22-35-20(31-11-14-4-7-19(25)30-10-14)34-21(36-22)33-16-5-6-18(26)17(9-16)23(27,28)29/h1-10,12H,11,24H2,(H3,31,33,34,35,36,37)/b32-12+. The van der Waals surface area contributed by atoms with E-state index >= 15 is 0 Å². The summed E-state index contributed by atoms with van der Waals surface area (Å²) < 4.78 is 53.1. The SMILES string of the molecule is Bc1cccc(/C=N/Nc2nc(NCc3ccc(Cl)nc3)nc(Nc3ccc(F)c(C(F)(F)F)c3)n2)c1. The average molecular weight is 529 g/mol. The first kappa shape index (κ1) is 25.8. The molecule has 4 aromatic rings. The minimum absolute atomic E-state index is 0.0105. The zero-order valence-corrected chi connectivity index (χ0v) is 19.9. The van der Waals surface area contributed by atoms with E-state index in [9.17, 15) is 17.6 Å². The molecule has 0 unspecified atom stereocenters. The molecule has 8 nitrogen and oxygen atoms in total. The number of hydrogen-bond acceptors (Lipinski definition) is 8. The van der Waals surface area contributed by atoms with Gasteiger partial charge in [-0.05, 0) is 35.4 Å². The fraction of sp³-hybridized carbons (Fsp3) is 0.0870. The maximum Gasteiger partial charge on any atom is 0.419 e. The number of alkyl halides is 3. The molecule has 0 atom stereocenters. The van der Waals surface area contributed by atoms with Crippen molar-refractivity contribution in [2.75, 3.05) is 16.1 Å². The molecule has 37 heavy (non-hydrogen) atoms. The average Bonchev–Trinajstić information content (AvgIpc) is 2.84. The fourth-order valence-electron chi connectivity index (χ4n) is 3.12. The van der Waals surface area contributed by atoms with Crippen LogP contribution in [0.1, 0.15) is 16.7 Å². The van der Waals surface area contributed by atoms with Gasteiger partial charge < -0.3 is 10.6 Å². The van der Waals surface area contributed by atoms with Gasteiger partial charge in [0.2, 0.25) is 17.8 Å². The van der Waals surface area contributed by atoms with Crippen LogP contribution < -0.4 is 21.5 Å². The maximum atomic E-state index is 13.7. The summed E-state index contributed by atoms with van der Waals surface area (Å²) in [5.41, 5.74) is 3.87. The molecule has 0 saturated heterocycles. The third kappa shape index (κ3) is 7.37. The lowest BCUT2D eigenvalue weighted by Crippen LogP contribution is -2.11. The van der Waals surface area contributed by atoms with Crippen molar-refractivity contribution in [1.29, 1.82) is 0 Å². The van der Waals surface area contributed by atoms with Gasteiger partial charge in [-0.1, -0.05) is 47.4 Å². The molecule has 0 spiro atoms. The van der Waals surface area contributed by atoms with E-state index < -0.39 is 17.6 Å². The Hall–Kier alpha value is -4.26. The Morgan fingerprint density at radius 1 is 0.973 bits per heavy atom. The number of nitrogens with one attached hydrogen (secondary N) is 3. The number of benzene rings is 2. The smallest absolute Gasteiger partial charge is 0.350 e. The fourth-order valence-corrected chi connectivity index (χ4v) is 3.23. The highest BCUT2D eigenvalue weighted by molar-refractivity contribution is 6.32. The van der Waals surface area contributed by atoms with Gasteiger partial charge >= 0.3 is 6.18 Å². The van der Waals surface area contributed by atoms with Crippen LogP contribution in [-0.2, 0) is 12.7 Å². The molecule has 14 heteroatoms. The van der Waals surface area contributed by atoms with Crippen molar-refractivity contribution in [3.8, 4) is 0 Å². The number of pyridine rings is 1. The Kier molecular flexibility index (Phi) is 7.82. The van der Waals surface area contributed by atoms with Crippen molar-refractivity contribution in [2.45, 2.75) is 12.7 Å². The van der Waals surface area contributed by atoms with E-state index in [1.165, 1.54) is 0 Å². The number of nitrogens with zero attached hydrogens (tertiary/aromatic N) is 5. The van der Waals surface area contributed by atoms with Crippen molar-refractivity contribution in [3.05, 3.63) is 88.5 Å². The number of anilines is 4. The van der Waals surface area contributed by atoms with Gasteiger partial charge in [-0.3, -0.25) is 0 Å². The molecule has 0 aliphatic heterocycles. The molecule has 0 aliphatic carbocycles. The van der Waals surface area contributed by atoms with E-state index in [0.717, 1.165) is 22.7 Å². The summed E-state index contributed by atoms with van der Waals surface area (Å²) in [6, 6.07) is 13.5. The van der Waals surface area contributed by atoms with E-state index in [4.69, 9.17) is 11.6 Å².